The number of thioether (sulfide) groups is 1. The molecule has 0 aliphatic carbocycles. The molecule has 3 heteroatoms. The number of aliphatic carboxylic acids is 1. The molecule has 0 fully saturated rings. The first-order chi connectivity index (χ1) is 8.20. The number of carboxylic acid groups (broad SMARTS) is 1. The van der Waals surface area contributed by atoms with Gasteiger partial charge >= 0.3 is 5.97 Å². The maximum atomic E-state index is 11.1. The molecule has 1 N–H and O–H groups in total. The Morgan fingerprint density at radius 3 is 2.94 bits per heavy atom. The molecule has 0 bridgehead atoms. The van der Waals surface area contributed by atoms with Crippen LogP contribution in [0.15, 0.2) is 29.2 Å². The third-order valence-electron chi connectivity index (χ3n) is 3.25. The van der Waals surface area contributed by atoms with Crippen molar-refractivity contribution >= 4 is 17.7 Å². The predicted molar refractivity (Wildman–Crippen MR) is 70.4 cm³/mol. The Kier molecular flexibility index (Phi) is 4.11. The van der Waals surface area contributed by atoms with E-state index in [1.807, 2.05) is 18.7 Å². The lowest BCUT2D eigenvalue weighted by Crippen LogP contribution is -2.18. The van der Waals surface area contributed by atoms with E-state index in [1.54, 1.807) is 0 Å². The smallest absolute Gasteiger partial charge is 0.306 e. The van der Waals surface area contributed by atoms with Crippen molar-refractivity contribution in [2.75, 3.05) is 0 Å². The highest BCUT2D eigenvalue weighted by molar-refractivity contribution is 8.00. The van der Waals surface area contributed by atoms with Crippen LogP contribution in [0.25, 0.3) is 0 Å². The molecule has 17 heavy (non-hydrogen) atoms. The Morgan fingerprint density at radius 2 is 2.29 bits per heavy atom. The second-order valence-electron chi connectivity index (χ2n) is 4.61. The number of rotatable bonds is 5. The fourth-order valence-corrected chi connectivity index (χ4v) is 3.80. The normalized spacial score (nSPS) is 19.9. The Bertz CT molecular complexity index is 378. The molecule has 1 heterocycles. The van der Waals surface area contributed by atoms with Crippen LogP contribution in [-0.4, -0.2) is 16.3 Å². The lowest BCUT2D eigenvalue weighted by Gasteiger charge is -2.15. The van der Waals surface area contributed by atoms with Gasteiger partial charge in [0.15, 0.2) is 0 Å². The van der Waals surface area contributed by atoms with E-state index in [0.717, 1.165) is 25.7 Å². The van der Waals surface area contributed by atoms with Gasteiger partial charge in [0, 0.05) is 10.1 Å². The molecule has 1 aliphatic rings. The van der Waals surface area contributed by atoms with Crippen molar-refractivity contribution in [3.63, 3.8) is 0 Å². The zero-order chi connectivity index (χ0) is 12.3. The number of hydrogen-bond acceptors (Lipinski definition) is 2. The number of hydrogen-bond donors (Lipinski definition) is 1. The van der Waals surface area contributed by atoms with E-state index in [2.05, 4.69) is 24.3 Å². The first kappa shape index (κ1) is 12.5. The summed E-state index contributed by atoms with van der Waals surface area (Å²) in [6.07, 6.45) is 3.56. The van der Waals surface area contributed by atoms with Crippen molar-refractivity contribution in [1.29, 1.82) is 0 Å². The summed E-state index contributed by atoms with van der Waals surface area (Å²) in [4.78, 5) is 12.5. The lowest BCUT2D eigenvalue weighted by atomic mass is 9.95. The van der Waals surface area contributed by atoms with Gasteiger partial charge in [-0.15, -0.1) is 11.8 Å². The minimum atomic E-state index is -0.636. The van der Waals surface area contributed by atoms with E-state index in [-0.39, 0.29) is 5.92 Å². The largest absolute Gasteiger partial charge is 0.481 e. The fraction of sp³-hybridized carbons (Fsp3) is 0.500. The monoisotopic (exact) mass is 250 g/mol. The summed E-state index contributed by atoms with van der Waals surface area (Å²) in [5, 5.41) is 9.62. The minimum Gasteiger partial charge on any atom is -0.481 e. The van der Waals surface area contributed by atoms with Gasteiger partial charge in [0.25, 0.3) is 0 Å². The SMILES string of the molecule is CCCC(CC1Cc2ccccc2S1)C(=O)O. The van der Waals surface area contributed by atoms with Crippen LogP contribution in [0.4, 0.5) is 0 Å². The summed E-state index contributed by atoms with van der Waals surface area (Å²) in [5.74, 6) is -0.810. The summed E-state index contributed by atoms with van der Waals surface area (Å²) in [6.45, 7) is 2.05. The van der Waals surface area contributed by atoms with Crippen LogP contribution in [0.2, 0.25) is 0 Å². The molecule has 1 aromatic carbocycles. The molecule has 0 saturated carbocycles. The highest BCUT2D eigenvalue weighted by Crippen LogP contribution is 2.40. The molecule has 0 saturated heterocycles. The van der Waals surface area contributed by atoms with E-state index >= 15 is 0 Å². The van der Waals surface area contributed by atoms with Crippen LogP contribution in [0, 0.1) is 5.92 Å². The van der Waals surface area contributed by atoms with E-state index < -0.39 is 5.97 Å². The molecule has 2 unspecified atom stereocenters. The summed E-state index contributed by atoms with van der Waals surface area (Å²) < 4.78 is 0. The standard InChI is InChI=1S/C14H18O2S/c1-2-5-11(14(15)16)9-12-8-10-6-3-4-7-13(10)17-12/h3-4,6-7,11-12H,2,5,8-9H2,1H3,(H,15,16). The number of carbonyl (C=O) groups is 1. The molecule has 0 radical (unpaired) electrons. The molecule has 2 rings (SSSR count). The maximum absolute atomic E-state index is 11.1. The van der Waals surface area contributed by atoms with Gasteiger partial charge in [0.05, 0.1) is 5.92 Å². The van der Waals surface area contributed by atoms with Crippen LogP contribution in [0.1, 0.15) is 31.7 Å². The Labute approximate surface area is 106 Å². The number of benzene rings is 1. The molecular formula is C14H18O2S. The lowest BCUT2D eigenvalue weighted by molar-refractivity contribution is -0.142. The van der Waals surface area contributed by atoms with Crippen molar-refractivity contribution in [3.05, 3.63) is 29.8 Å². The number of carboxylic acids is 1. The van der Waals surface area contributed by atoms with Gasteiger partial charge in [-0.25, -0.2) is 0 Å². The average Bonchev–Trinajstić information content (AvgIpc) is 2.70. The second-order valence-corrected chi connectivity index (χ2v) is 5.95. The third kappa shape index (κ3) is 3.03. The third-order valence-corrected chi connectivity index (χ3v) is 4.59. The molecule has 2 nitrogen and oxygen atoms in total. The van der Waals surface area contributed by atoms with Gasteiger partial charge in [-0.1, -0.05) is 31.5 Å². The average molecular weight is 250 g/mol. The Balaban J connectivity index is 1.96. The van der Waals surface area contributed by atoms with Crippen LogP contribution in [0.5, 0.6) is 0 Å². The van der Waals surface area contributed by atoms with E-state index in [9.17, 15) is 9.90 Å². The highest BCUT2D eigenvalue weighted by Gasteiger charge is 2.27. The minimum absolute atomic E-state index is 0.174. The molecule has 0 amide bonds. The van der Waals surface area contributed by atoms with Gasteiger partial charge in [-0.2, -0.15) is 0 Å². The zero-order valence-corrected chi connectivity index (χ0v) is 10.9. The predicted octanol–water partition coefficient (Wildman–Crippen LogP) is 3.59. The molecule has 0 aromatic heterocycles. The van der Waals surface area contributed by atoms with Crippen LogP contribution in [-0.2, 0) is 11.2 Å². The number of fused-ring (bicyclic) bond motifs is 1. The van der Waals surface area contributed by atoms with Gasteiger partial charge in [-0.3, -0.25) is 4.79 Å². The van der Waals surface area contributed by atoms with Gasteiger partial charge in [0.1, 0.15) is 0 Å². The van der Waals surface area contributed by atoms with Crippen LogP contribution >= 0.6 is 11.8 Å². The highest BCUT2D eigenvalue weighted by atomic mass is 32.2. The summed E-state index contributed by atoms with van der Waals surface area (Å²) >= 11 is 1.84. The fourth-order valence-electron chi connectivity index (χ4n) is 2.39. The first-order valence-electron chi connectivity index (χ1n) is 6.18. The summed E-state index contributed by atoms with van der Waals surface area (Å²) in [7, 11) is 0. The van der Waals surface area contributed by atoms with Crippen molar-refractivity contribution in [2.24, 2.45) is 5.92 Å². The van der Waals surface area contributed by atoms with Crippen LogP contribution in [0.3, 0.4) is 0 Å². The van der Waals surface area contributed by atoms with Gasteiger partial charge in [0.2, 0.25) is 0 Å². The second kappa shape index (κ2) is 5.58. The van der Waals surface area contributed by atoms with Crippen molar-refractivity contribution in [3.8, 4) is 0 Å². The first-order valence-corrected chi connectivity index (χ1v) is 7.06. The molecule has 1 aliphatic heterocycles. The zero-order valence-electron chi connectivity index (χ0n) is 10.1. The van der Waals surface area contributed by atoms with Crippen LogP contribution < -0.4 is 0 Å². The Hall–Kier alpha value is -0.960. The van der Waals surface area contributed by atoms with Gasteiger partial charge in [-0.05, 0) is 30.9 Å². The van der Waals surface area contributed by atoms with Gasteiger partial charge < -0.3 is 5.11 Å². The molecule has 92 valence electrons. The summed E-state index contributed by atoms with van der Waals surface area (Å²) in [5.41, 5.74) is 1.38. The van der Waals surface area contributed by atoms with Crippen molar-refractivity contribution in [2.45, 2.75) is 42.8 Å². The molecule has 2 atom stereocenters. The molecular weight excluding hydrogens is 232 g/mol. The summed E-state index contributed by atoms with van der Waals surface area (Å²) in [6, 6.07) is 8.39. The van der Waals surface area contributed by atoms with Crippen molar-refractivity contribution < 1.29 is 9.90 Å². The quantitative estimate of drug-likeness (QED) is 0.867. The van der Waals surface area contributed by atoms with E-state index in [0.29, 0.717) is 5.25 Å². The van der Waals surface area contributed by atoms with Crippen molar-refractivity contribution in [1.82, 2.24) is 0 Å². The topological polar surface area (TPSA) is 37.3 Å². The molecule has 0 spiro atoms. The maximum Gasteiger partial charge on any atom is 0.306 e. The van der Waals surface area contributed by atoms with E-state index in [4.69, 9.17) is 0 Å². The van der Waals surface area contributed by atoms with E-state index in [1.165, 1.54) is 10.5 Å². The Morgan fingerprint density at radius 1 is 1.53 bits per heavy atom. The molecule has 1 aromatic rings.